The van der Waals surface area contributed by atoms with Crippen LogP contribution in [0.1, 0.15) is 42.6 Å². The van der Waals surface area contributed by atoms with E-state index in [2.05, 4.69) is 12.2 Å². The lowest BCUT2D eigenvalue weighted by Crippen LogP contribution is -2.11. The number of methoxy groups -OCH3 is 3. The average Bonchev–Trinajstić information content (AvgIpc) is 2.49. The van der Waals surface area contributed by atoms with Gasteiger partial charge in [-0.3, -0.25) is 0 Å². The van der Waals surface area contributed by atoms with Gasteiger partial charge >= 0.3 is 0 Å². The molecule has 1 atom stereocenters. The first-order valence-electron chi connectivity index (χ1n) is 6.85. The molecule has 20 heavy (non-hydrogen) atoms. The van der Waals surface area contributed by atoms with Crippen molar-refractivity contribution in [1.82, 2.24) is 0 Å². The molecule has 0 aliphatic heterocycles. The Balaban J connectivity index is 2.53. The van der Waals surface area contributed by atoms with Gasteiger partial charge in [0, 0.05) is 31.3 Å². The van der Waals surface area contributed by atoms with Crippen molar-refractivity contribution in [3.8, 4) is 11.5 Å². The van der Waals surface area contributed by atoms with E-state index in [0.29, 0.717) is 5.75 Å². The molecule has 2 rings (SSSR count). The monoisotopic (exact) mass is 278 g/mol. The van der Waals surface area contributed by atoms with Crippen molar-refractivity contribution < 1.29 is 19.3 Å². The summed E-state index contributed by atoms with van der Waals surface area (Å²) in [6.45, 7) is 0. The van der Waals surface area contributed by atoms with E-state index < -0.39 is 6.29 Å². The van der Waals surface area contributed by atoms with Crippen molar-refractivity contribution in [2.45, 2.75) is 31.5 Å². The Hall–Kier alpha value is -1.52. The van der Waals surface area contributed by atoms with E-state index in [4.69, 9.17) is 14.2 Å². The Morgan fingerprint density at radius 1 is 1.20 bits per heavy atom. The Morgan fingerprint density at radius 3 is 2.50 bits per heavy atom. The highest BCUT2D eigenvalue weighted by Crippen LogP contribution is 2.43. The number of aromatic hydroxyl groups is 1. The normalized spacial score (nSPS) is 18.5. The van der Waals surface area contributed by atoms with Crippen molar-refractivity contribution in [2.75, 3.05) is 21.3 Å². The van der Waals surface area contributed by atoms with Crippen LogP contribution in [0.3, 0.4) is 0 Å². The first-order chi connectivity index (χ1) is 9.72. The molecule has 1 aliphatic rings. The van der Waals surface area contributed by atoms with E-state index in [1.54, 1.807) is 27.4 Å². The maximum atomic E-state index is 10.5. The maximum Gasteiger partial charge on any atom is 0.183 e. The molecule has 0 bridgehead atoms. The van der Waals surface area contributed by atoms with Gasteiger partial charge in [-0.25, -0.2) is 0 Å². The van der Waals surface area contributed by atoms with Crippen LogP contribution in [0.15, 0.2) is 24.3 Å². The van der Waals surface area contributed by atoms with Gasteiger partial charge in [0.1, 0.15) is 0 Å². The van der Waals surface area contributed by atoms with Crippen LogP contribution in [0.2, 0.25) is 0 Å². The molecule has 4 nitrogen and oxygen atoms in total. The molecule has 1 aliphatic carbocycles. The highest BCUT2D eigenvalue weighted by atomic mass is 16.7. The van der Waals surface area contributed by atoms with E-state index in [1.165, 1.54) is 0 Å². The number of hydrogen-bond acceptors (Lipinski definition) is 4. The molecule has 0 saturated carbocycles. The topological polar surface area (TPSA) is 47.9 Å². The van der Waals surface area contributed by atoms with Crippen molar-refractivity contribution in [3.05, 3.63) is 35.4 Å². The molecular formula is C16H22O4. The smallest absolute Gasteiger partial charge is 0.183 e. The molecule has 0 spiro atoms. The van der Waals surface area contributed by atoms with E-state index in [1.807, 2.05) is 6.07 Å². The number of allylic oxidation sites excluding steroid dienone is 2. The highest BCUT2D eigenvalue weighted by molar-refractivity contribution is 5.53. The van der Waals surface area contributed by atoms with Gasteiger partial charge in [-0.2, -0.15) is 0 Å². The number of benzene rings is 1. The SMILES string of the molecule is COc1ccc(C(OC)OC)c(C2C=CCCC2)c1O. The fraction of sp³-hybridized carbons (Fsp3) is 0.500. The molecular weight excluding hydrogens is 256 g/mol. The Morgan fingerprint density at radius 2 is 1.95 bits per heavy atom. The Kier molecular flexibility index (Phi) is 5.04. The minimum Gasteiger partial charge on any atom is -0.504 e. The van der Waals surface area contributed by atoms with Crippen molar-refractivity contribution in [1.29, 1.82) is 0 Å². The zero-order valence-electron chi connectivity index (χ0n) is 12.3. The van der Waals surface area contributed by atoms with Gasteiger partial charge in [0.05, 0.1) is 7.11 Å². The summed E-state index contributed by atoms with van der Waals surface area (Å²) in [5, 5.41) is 10.5. The van der Waals surface area contributed by atoms with E-state index in [9.17, 15) is 5.11 Å². The van der Waals surface area contributed by atoms with Gasteiger partial charge < -0.3 is 19.3 Å². The molecule has 0 aromatic heterocycles. The van der Waals surface area contributed by atoms with Gasteiger partial charge in [-0.05, 0) is 31.4 Å². The van der Waals surface area contributed by atoms with Gasteiger partial charge in [-0.15, -0.1) is 0 Å². The fourth-order valence-corrected chi connectivity index (χ4v) is 2.77. The van der Waals surface area contributed by atoms with Gasteiger partial charge in [0.25, 0.3) is 0 Å². The number of hydrogen-bond donors (Lipinski definition) is 1. The molecule has 1 N–H and O–H groups in total. The van der Waals surface area contributed by atoms with Crippen LogP contribution in [-0.2, 0) is 9.47 Å². The zero-order chi connectivity index (χ0) is 14.5. The molecule has 0 radical (unpaired) electrons. The second-order valence-corrected chi connectivity index (χ2v) is 4.89. The minimum atomic E-state index is -0.489. The van der Waals surface area contributed by atoms with Gasteiger partial charge in [-0.1, -0.05) is 12.2 Å². The second-order valence-electron chi connectivity index (χ2n) is 4.89. The standard InChI is InChI=1S/C16H22O4/c1-18-13-10-9-12(16(19-2)20-3)14(15(13)17)11-7-5-4-6-8-11/h5,7,9-11,16-17H,4,6,8H2,1-3H3. The molecule has 0 fully saturated rings. The molecule has 1 aromatic carbocycles. The molecule has 1 aromatic rings. The van der Waals surface area contributed by atoms with Gasteiger partial charge in [0.2, 0.25) is 0 Å². The number of ether oxygens (including phenoxy) is 3. The predicted molar refractivity (Wildman–Crippen MR) is 77.1 cm³/mol. The lowest BCUT2D eigenvalue weighted by Gasteiger charge is -2.25. The summed E-state index contributed by atoms with van der Waals surface area (Å²) in [6.07, 6.45) is 7.02. The van der Waals surface area contributed by atoms with Crippen LogP contribution >= 0.6 is 0 Å². The molecule has 0 heterocycles. The van der Waals surface area contributed by atoms with Crippen molar-refractivity contribution in [2.24, 2.45) is 0 Å². The summed E-state index contributed by atoms with van der Waals surface area (Å²) in [7, 11) is 4.74. The Bertz CT molecular complexity index is 478. The van der Waals surface area contributed by atoms with Crippen molar-refractivity contribution in [3.63, 3.8) is 0 Å². The third-order valence-electron chi connectivity index (χ3n) is 3.74. The number of phenols is 1. The largest absolute Gasteiger partial charge is 0.504 e. The van der Waals surface area contributed by atoms with Crippen LogP contribution in [-0.4, -0.2) is 26.4 Å². The second kappa shape index (κ2) is 6.77. The molecule has 110 valence electrons. The molecule has 0 amide bonds. The number of phenolic OH excluding ortho intramolecular Hbond substituents is 1. The average molecular weight is 278 g/mol. The summed E-state index contributed by atoms with van der Waals surface area (Å²) in [6, 6.07) is 3.64. The van der Waals surface area contributed by atoms with Crippen LogP contribution in [0, 0.1) is 0 Å². The maximum absolute atomic E-state index is 10.5. The molecule has 1 unspecified atom stereocenters. The minimum absolute atomic E-state index is 0.168. The van der Waals surface area contributed by atoms with Crippen molar-refractivity contribution >= 4 is 0 Å². The number of rotatable bonds is 5. The summed E-state index contributed by atoms with van der Waals surface area (Å²) >= 11 is 0. The summed E-state index contributed by atoms with van der Waals surface area (Å²) in [5.41, 5.74) is 1.69. The molecule has 0 saturated heterocycles. The van der Waals surface area contributed by atoms with E-state index >= 15 is 0 Å². The lowest BCUT2D eigenvalue weighted by molar-refractivity contribution is -0.106. The summed E-state index contributed by atoms with van der Waals surface area (Å²) in [4.78, 5) is 0. The first kappa shape index (κ1) is 14.9. The third kappa shape index (κ3) is 2.81. The molecule has 4 heteroatoms. The zero-order valence-corrected chi connectivity index (χ0v) is 12.3. The first-order valence-corrected chi connectivity index (χ1v) is 6.85. The predicted octanol–water partition coefficient (Wildman–Crippen LogP) is 3.52. The van der Waals surface area contributed by atoms with Crippen LogP contribution < -0.4 is 4.74 Å². The third-order valence-corrected chi connectivity index (χ3v) is 3.74. The quantitative estimate of drug-likeness (QED) is 0.661. The lowest BCUT2D eigenvalue weighted by atomic mass is 9.85. The summed E-state index contributed by atoms with van der Waals surface area (Å²) < 4.78 is 15.9. The van der Waals surface area contributed by atoms with Gasteiger partial charge in [0.15, 0.2) is 17.8 Å². The summed E-state index contributed by atoms with van der Waals surface area (Å²) in [5.74, 6) is 0.830. The Labute approximate surface area is 120 Å². The van der Waals surface area contributed by atoms with Crippen LogP contribution in [0.5, 0.6) is 11.5 Å². The van der Waals surface area contributed by atoms with Crippen LogP contribution in [0.4, 0.5) is 0 Å². The highest BCUT2D eigenvalue weighted by Gasteiger charge is 2.25. The van der Waals surface area contributed by atoms with E-state index in [0.717, 1.165) is 30.4 Å². The fourth-order valence-electron chi connectivity index (χ4n) is 2.77. The van der Waals surface area contributed by atoms with E-state index in [-0.39, 0.29) is 11.7 Å². The van der Waals surface area contributed by atoms with Crippen LogP contribution in [0.25, 0.3) is 0 Å².